The van der Waals surface area contributed by atoms with Gasteiger partial charge in [-0.1, -0.05) is 0 Å². The molecule has 0 bridgehead atoms. The van der Waals surface area contributed by atoms with Gasteiger partial charge in [-0.05, 0) is 12.2 Å². The molecule has 0 saturated carbocycles. The second-order valence-corrected chi connectivity index (χ2v) is 3.03. The third-order valence-electron chi connectivity index (χ3n) is 0.926. The Morgan fingerprint density at radius 3 is 2.54 bits per heavy atom. The monoisotopic (exact) mass is 207 g/mol. The molecule has 0 aromatic heterocycles. The van der Waals surface area contributed by atoms with Crippen LogP contribution in [0.5, 0.6) is 0 Å². The zero-order valence-corrected chi connectivity index (χ0v) is 7.61. The first kappa shape index (κ1) is 11.7. The van der Waals surface area contributed by atoms with Crippen molar-refractivity contribution < 1.29 is 22.5 Å². The molecule has 0 radical (unpaired) electrons. The largest absolute Gasteiger partial charge is 0.493 e. The smallest absolute Gasteiger partial charge is 0.357 e. The molecule has 0 atom stereocenters. The topological polar surface area (TPSA) is 92.7 Å². The first-order valence-corrected chi connectivity index (χ1v) is 4.54. The standard InChI is InChI=1S/C6H9NO5S/c1-12-6(5-8)3-2-4-7-13(9,10)11/h2-5,7H,1H3,(H,9,10,11)/b4-2+,6-3-. The van der Waals surface area contributed by atoms with Gasteiger partial charge >= 0.3 is 10.3 Å². The van der Waals surface area contributed by atoms with E-state index >= 15 is 0 Å². The Morgan fingerprint density at radius 2 is 2.15 bits per heavy atom. The molecule has 74 valence electrons. The van der Waals surface area contributed by atoms with Crippen molar-refractivity contribution in [1.82, 2.24) is 4.72 Å². The number of aldehydes is 1. The van der Waals surface area contributed by atoms with Gasteiger partial charge in [-0.2, -0.15) is 8.42 Å². The van der Waals surface area contributed by atoms with Gasteiger partial charge in [0, 0.05) is 6.20 Å². The fraction of sp³-hybridized carbons (Fsp3) is 0.167. The minimum atomic E-state index is -4.23. The van der Waals surface area contributed by atoms with Crippen molar-refractivity contribution in [2.45, 2.75) is 0 Å². The van der Waals surface area contributed by atoms with E-state index in [4.69, 9.17) is 4.55 Å². The highest BCUT2D eigenvalue weighted by Crippen LogP contribution is 1.89. The maximum atomic E-state index is 10.1. The van der Waals surface area contributed by atoms with Crippen LogP contribution in [0.25, 0.3) is 0 Å². The summed E-state index contributed by atoms with van der Waals surface area (Å²) in [5, 5.41) is 0. The van der Waals surface area contributed by atoms with Gasteiger partial charge in [-0.15, -0.1) is 0 Å². The van der Waals surface area contributed by atoms with Gasteiger partial charge in [0.15, 0.2) is 12.0 Å². The number of carbonyl (C=O) groups is 1. The summed E-state index contributed by atoms with van der Waals surface area (Å²) in [7, 11) is -2.93. The van der Waals surface area contributed by atoms with Crippen molar-refractivity contribution in [3.8, 4) is 0 Å². The average molecular weight is 207 g/mol. The first-order valence-electron chi connectivity index (χ1n) is 3.10. The van der Waals surface area contributed by atoms with E-state index in [1.54, 1.807) is 4.72 Å². The zero-order chi connectivity index (χ0) is 10.3. The number of carbonyl (C=O) groups excluding carboxylic acids is 1. The fourth-order valence-corrected chi connectivity index (χ4v) is 0.674. The molecule has 0 aromatic carbocycles. The first-order chi connectivity index (χ1) is 5.99. The Morgan fingerprint density at radius 1 is 1.54 bits per heavy atom. The fourth-order valence-electron chi connectivity index (χ4n) is 0.424. The highest BCUT2D eigenvalue weighted by Gasteiger charge is 1.94. The SMILES string of the molecule is CO/C(C=O)=C\C=C\NS(=O)(=O)O. The number of hydrogen-bond donors (Lipinski definition) is 2. The number of rotatable bonds is 5. The molecule has 0 aliphatic heterocycles. The highest BCUT2D eigenvalue weighted by atomic mass is 32.2. The average Bonchev–Trinajstić information content (AvgIpc) is 2.03. The van der Waals surface area contributed by atoms with Crippen molar-refractivity contribution >= 4 is 16.6 Å². The van der Waals surface area contributed by atoms with Gasteiger partial charge in [0.1, 0.15) is 0 Å². The van der Waals surface area contributed by atoms with E-state index in [2.05, 4.69) is 4.74 Å². The second-order valence-electron chi connectivity index (χ2n) is 1.84. The van der Waals surface area contributed by atoms with Crippen LogP contribution in [0.1, 0.15) is 0 Å². The molecule has 7 heteroatoms. The molecule has 0 spiro atoms. The van der Waals surface area contributed by atoms with E-state index < -0.39 is 10.3 Å². The van der Waals surface area contributed by atoms with Gasteiger partial charge in [-0.25, -0.2) is 0 Å². The molecule has 0 aliphatic carbocycles. The normalized spacial score (nSPS) is 12.9. The van der Waals surface area contributed by atoms with Gasteiger partial charge < -0.3 is 4.74 Å². The molecule has 0 amide bonds. The van der Waals surface area contributed by atoms with E-state index in [9.17, 15) is 13.2 Å². The van der Waals surface area contributed by atoms with Gasteiger partial charge in [0.05, 0.1) is 7.11 Å². The lowest BCUT2D eigenvalue weighted by atomic mass is 10.4. The Kier molecular flexibility index (Phi) is 4.78. The lowest BCUT2D eigenvalue weighted by molar-refractivity contribution is -0.107. The Bertz CT molecular complexity index is 316. The molecule has 0 rings (SSSR count). The van der Waals surface area contributed by atoms with Crippen molar-refractivity contribution in [2.75, 3.05) is 7.11 Å². The molecule has 6 nitrogen and oxygen atoms in total. The van der Waals surface area contributed by atoms with Crippen LogP contribution in [0.4, 0.5) is 0 Å². The van der Waals surface area contributed by atoms with Crippen LogP contribution in [-0.4, -0.2) is 26.4 Å². The molecule has 0 heterocycles. The molecule has 0 aromatic rings. The molecule has 13 heavy (non-hydrogen) atoms. The lowest BCUT2D eigenvalue weighted by Crippen LogP contribution is -2.15. The summed E-state index contributed by atoms with van der Waals surface area (Å²) < 4.78 is 34.5. The van der Waals surface area contributed by atoms with Crippen LogP contribution < -0.4 is 4.72 Å². The van der Waals surface area contributed by atoms with Crippen LogP contribution in [-0.2, 0) is 19.8 Å². The van der Waals surface area contributed by atoms with Crippen LogP contribution in [0.3, 0.4) is 0 Å². The third kappa shape index (κ3) is 7.04. The molecule has 0 aliphatic rings. The molecule has 0 saturated heterocycles. The molecular formula is C6H9NO5S. The Labute approximate surface area is 75.8 Å². The van der Waals surface area contributed by atoms with Crippen molar-refractivity contribution in [3.05, 3.63) is 24.1 Å². The summed E-state index contributed by atoms with van der Waals surface area (Å²) in [5.74, 6) is 0.0355. The highest BCUT2D eigenvalue weighted by molar-refractivity contribution is 7.83. The van der Waals surface area contributed by atoms with E-state index in [1.165, 1.54) is 19.3 Å². The van der Waals surface area contributed by atoms with E-state index in [0.29, 0.717) is 6.29 Å². The summed E-state index contributed by atoms with van der Waals surface area (Å²) in [6.07, 6.45) is 3.82. The number of ether oxygens (including phenoxy) is 1. The summed E-state index contributed by atoms with van der Waals surface area (Å²) in [6, 6.07) is 0. The lowest BCUT2D eigenvalue weighted by Gasteiger charge is -1.93. The van der Waals surface area contributed by atoms with Crippen LogP contribution in [0.2, 0.25) is 0 Å². The Balaban J connectivity index is 4.15. The van der Waals surface area contributed by atoms with E-state index in [1.807, 2.05) is 0 Å². The van der Waals surface area contributed by atoms with Gasteiger partial charge in [0.2, 0.25) is 0 Å². The molecule has 0 fully saturated rings. The minimum Gasteiger partial charge on any atom is -0.493 e. The maximum absolute atomic E-state index is 10.1. The van der Waals surface area contributed by atoms with E-state index in [-0.39, 0.29) is 5.76 Å². The van der Waals surface area contributed by atoms with Gasteiger partial charge in [0.25, 0.3) is 0 Å². The Hall–Kier alpha value is -1.34. The van der Waals surface area contributed by atoms with Gasteiger partial charge in [-0.3, -0.25) is 14.1 Å². The number of nitrogens with one attached hydrogen (secondary N) is 1. The zero-order valence-electron chi connectivity index (χ0n) is 6.80. The molecule has 2 N–H and O–H groups in total. The van der Waals surface area contributed by atoms with Crippen LogP contribution >= 0.6 is 0 Å². The van der Waals surface area contributed by atoms with Crippen molar-refractivity contribution in [2.24, 2.45) is 0 Å². The summed E-state index contributed by atoms with van der Waals surface area (Å²) in [4.78, 5) is 10.1. The maximum Gasteiger partial charge on any atom is 0.357 e. The predicted molar refractivity (Wildman–Crippen MR) is 45.0 cm³/mol. The van der Waals surface area contributed by atoms with Crippen molar-refractivity contribution in [1.29, 1.82) is 0 Å². The van der Waals surface area contributed by atoms with Crippen LogP contribution in [0, 0.1) is 0 Å². The quantitative estimate of drug-likeness (QED) is 0.211. The number of hydrogen-bond acceptors (Lipinski definition) is 4. The summed E-state index contributed by atoms with van der Waals surface area (Å²) in [6.45, 7) is 0. The molecular weight excluding hydrogens is 198 g/mol. The predicted octanol–water partition coefficient (Wildman–Crippen LogP) is -0.378. The second kappa shape index (κ2) is 5.33. The van der Waals surface area contributed by atoms with Crippen LogP contribution in [0.15, 0.2) is 24.1 Å². The third-order valence-corrected chi connectivity index (χ3v) is 1.36. The summed E-state index contributed by atoms with van der Waals surface area (Å²) >= 11 is 0. The number of allylic oxidation sites excluding steroid dienone is 3. The summed E-state index contributed by atoms with van der Waals surface area (Å²) in [5.41, 5.74) is 0. The minimum absolute atomic E-state index is 0.0355. The van der Waals surface area contributed by atoms with Crippen molar-refractivity contribution in [3.63, 3.8) is 0 Å². The van der Waals surface area contributed by atoms with E-state index in [0.717, 1.165) is 6.20 Å². The number of methoxy groups -OCH3 is 1. The molecule has 0 unspecified atom stereocenters.